The predicted molar refractivity (Wildman–Crippen MR) is 163 cm³/mol. The highest BCUT2D eigenvalue weighted by atomic mass is 16.2. The van der Waals surface area contributed by atoms with Crippen LogP contribution in [0.15, 0.2) is 115 Å². The van der Waals surface area contributed by atoms with Crippen LogP contribution in [0.2, 0.25) is 0 Å². The van der Waals surface area contributed by atoms with Gasteiger partial charge in [-0.05, 0) is 49.9 Å². The minimum atomic E-state index is -0.665. The molecule has 206 valence electrons. The summed E-state index contributed by atoms with van der Waals surface area (Å²) in [7, 11) is 0. The molecule has 0 spiro atoms. The molecule has 0 fully saturated rings. The third-order valence-corrected chi connectivity index (χ3v) is 6.99. The second-order valence-electron chi connectivity index (χ2n) is 11.5. The molecule has 0 aliphatic rings. The van der Waals surface area contributed by atoms with Crippen LogP contribution in [0.1, 0.15) is 60.9 Å². The van der Waals surface area contributed by atoms with Crippen molar-refractivity contribution in [1.82, 2.24) is 10.2 Å². The molecular formula is C36H40N2O2. The molecule has 4 nitrogen and oxygen atoms in total. The maximum Gasteiger partial charge on any atom is 0.243 e. The fraction of sp³-hybridized carbons (Fsp3) is 0.278. The number of nitrogens with zero attached hydrogens (tertiary/aromatic N) is 1. The third kappa shape index (κ3) is 8.16. The zero-order valence-corrected chi connectivity index (χ0v) is 24.0. The Morgan fingerprint density at radius 2 is 1.25 bits per heavy atom. The maximum atomic E-state index is 14.4. The Bertz CT molecular complexity index is 1340. The Labute approximate surface area is 239 Å². The number of carbonyl (C=O) groups is 2. The molecule has 1 N–H and O–H groups in total. The smallest absolute Gasteiger partial charge is 0.243 e. The summed E-state index contributed by atoms with van der Waals surface area (Å²) >= 11 is 0. The fourth-order valence-corrected chi connectivity index (χ4v) is 5.10. The Morgan fingerprint density at radius 3 is 1.77 bits per heavy atom. The molecule has 0 heterocycles. The van der Waals surface area contributed by atoms with Gasteiger partial charge in [-0.2, -0.15) is 0 Å². The molecule has 1 unspecified atom stereocenters. The first-order valence-corrected chi connectivity index (χ1v) is 14.0. The molecule has 0 saturated carbocycles. The quantitative estimate of drug-likeness (QED) is 0.237. The van der Waals surface area contributed by atoms with E-state index in [0.29, 0.717) is 13.0 Å². The van der Waals surface area contributed by atoms with Crippen molar-refractivity contribution in [3.63, 3.8) is 0 Å². The maximum absolute atomic E-state index is 14.4. The summed E-state index contributed by atoms with van der Waals surface area (Å²) in [6.07, 6.45) is 0.690. The largest absolute Gasteiger partial charge is 0.350 e. The van der Waals surface area contributed by atoms with Gasteiger partial charge in [-0.15, -0.1) is 0 Å². The second-order valence-corrected chi connectivity index (χ2v) is 11.5. The first-order valence-electron chi connectivity index (χ1n) is 14.0. The molecule has 0 aromatic heterocycles. The number of nitrogens with one attached hydrogen (secondary N) is 1. The fourth-order valence-electron chi connectivity index (χ4n) is 5.10. The van der Waals surface area contributed by atoms with E-state index >= 15 is 0 Å². The summed E-state index contributed by atoms with van der Waals surface area (Å²) in [5, 5.41) is 3.16. The van der Waals surface area contributed by atoms with Gasteiger partial charge in [-0.25, -0.2) is 0 Å². The number of benzene rings is 4. The molecule has 0 aliphatic heterocycles. The average molecular weight is 533 g/mol. The van der Waals surface area contributed by atoms with Gasteiger partial charge in [-0.3, -0.25) is 9.59 Å². The van der Waals surface area contributed by atoms with Crippen molar-refractivity contribution >= 4 is 11.8 Å². The molecular weight excluding hydrogens is 492 g/mol. The Kier molecular flexibility index (Phi) is 9.55. The van der Waals surface area contributed by atoms with Crippen molar-refractivity contribution in [2.24, 2.45) is 0 Å². The van der Waals surface area contributed by atoms with Gasteiger partial charge in [0.2, 0.25) is 11.8 Å². The summed E-state index contributed by atoms with van der Waals surface area (Å²) in [5.74, 6) is -0.324. The normalized spacial score (nSPS) is 12.1. The van der Waals surface area contributed by atoms with Crippen molar-refractivity contribution in [2.45, 2.75) is 64.6 Å². The lowest BCUT2D eigenvalue weighted by Crippen LogP contribution is -2.54. The molecule has 4 aromatic carbocycles. The number of hydrogen-bond acceptors (Lipinski definition) is 2. The topological polar surface area (TPSA) is 49.4 Å². The van der Waals surface area contributed by atoms with E-state index < -0.39 is 11.6 Å². The average Bonchev–Trinajstić information content (AvgIpc) is 2.94. The lowest BCUT2D eigenvalue weighted by molar-refractivity contribution is -0.142. The predicted octanol–water partition coefficient (Wildman–Crippen LogP) is 7.07. The van der Waals surface area contributed by atoms with E-state index in [2.05, 4.69) is 35.6 Å². The minimum absolute atomic E-state index is 0.0517. The molecule has 40 heavy (non-hydrogen) atoms. The summed E-state index contributed by atoms with van der Waals surface area (Å²) < 4.78 is 0. The third-order valence-electron chi connectivity index (χ3n) is 6.99. The van der Waals surface area contributed by atoms with Crippen LogP contribution in [-0.2, 0) is 22.6 Å². The van der Waals surface area contributed by atoms with Crippen LogP contribution in [0.5, 0.6) is 0 Å². The molecule has 0 radical (unpaired) electrons. The number of hydrogen-bond donors (Lipinski definition) is 1. The first-order chi connectivity index (χ1) is 19.2. The Balaban J connectivity index is 1.75. The zero-order valence-electron chi connectivity index (χ0n) is 24.0. The molecule has 1 atom stereocenters. The van der Waals surface area contributed by atoms with Crippen LogP contribution in [0.4, 0.5) is 0 Å². The van der Waals surface area contributed by atoms with Gasteiger partial charge in [0.25, 0.3) is 0 Å². The van der Waals surface area contributed by atoms with Gasteiger partial charge >= 0.3 is 0 Å². The van der Waals surface area contributed by atoms with Crippen molar-refractivity contribution < 1.29 is 9.59 Å². The second kappa shape index (κ2) is 13.3. The number of aryl methyl sites for hydroxylation is 1. The molecule has 0 bridgehead atoms. The van der Waals surface area contributed by atoms with E-state index in [1.165, 1.54) is 0 Å². The lowest BCUT2D eigenvalue weighted by atomic mass is 9.87. The van der Waals surface area contributed by atoms with Gasteiger partial charge in [0.15, 0.2) is 0 Å². The van der Waals surface area contributed by atoms with Crippen molar-refractivity contribution in [1.29, 1.82) is 0 Å². The van der Waals surface area contributed by atoms with Gasteiger partial charge < -0.3 is 10.2 Å². The van der Waals surface area contributed by atoms with Crippen molar-refractivity contribution in [3.8, 4) is 0 Å². The van der Waals surface area contributed by atoms with Gasteiger partial charge in [-0.1, -0.05) is 121 Å². The van der Waals surface area contributed by atoms with Crippen LogP contribution in [0.3, 0.4) is 0 Å². The van der Waals surface area contributed by atoms with E-state index in [0.717, 1.165) is 27.8 Å². The standard InChI is InChI=1S/C36H40N2O2/c1-27-15-14-18-29(23-27)26-38(33(35(40)37-36(2,3)4)24-28-16-8-5-9-17-28)34(39)25-32(30-19-10-6-11-20-30)31-21-12-7-13-22-31/h5-23,32-33H,24-26H2,1-4H3,(H,37,40). The van der Waals surface area contributed by atoms with E-state index in [1.54, 1.807) is 4.90 Å². The van der Waals surface area contributed by atoms with Crippen LogP contribution < -0.4 is 5.32 Å². The summed E-state index contributed by atoms with van der Waals surface area (Å²) in [6, 6.07) is 37.8. The molecule has 0 aliphatic carbocycles. The SMILES string of the molecule is Cc1cccc(CN(C(=O)CC(c2ccccc2)c2ccccc2)C(Cc2ccccc2)C(=O)NC(C)(C)C)c1. The number of carbonyl (C=O) groups excluding carboxylic acids is 2. The Morgan fingerprint density at radius 1 is 0.725 bits per heavy atom. The van der Waals surface area contributed by atoms with Crippen LogP contribution in [0.25, 0.3) is 0 Å². The van der Waals surface area contributed by atoms with Crippen molar-refractivity contribution in [3.05, 3.63) is 143 Å². The van der Waals surface area contributed by atoms with Gasteiger partial charge in [0.1, 0.15) is 6.04 Å². The number of rotatable bonds is 10. The van der Waals surface area contributed by atoms with E-state index in [9.17, 15) is 9.59 Å². The van der Waals surface area contributed by atoms with E-state index in [1.807, 2.05) is 113 Å². The molecule has 2 amide bonds. The van der Waals surface area contributed by atoms with E-state index in [4.69, 9.17) is 0 Å². The Hall–Kier alpha value is -4.18. The molecule has 4 heteroatoms. The first kappa shape index (κ1) is 28.8. The monoisotopic (exact) mass is 532 g/mol. The minimum Gasteiger partial charge on any atom is -0.350 e. The van der Waals surface area contributed by atoms with Gasteiger partial charge in [0, 0.05) is 30.8 Å². The number of amides is 2. The highest BCUT2D eigenvalue weighted by Crippen LogP contribution is 2.30. The van der Waals surface area contributed by atoms with Crippen LogP contribution >= 0.6 is 0 Å². The van der Waals surface area contributed by atoms with E-state index in [-0.39, 0.29) is 24.2 Å². The van der Waals surface area contributed by atoms with Crippen LogP contribution in [0, 0.1) is 6.92 Å². The summed E-state index contributed by atoms with van der Waals surface area (Å²) in [6.45, 7) is 8.31. The molecule has 4 aromatic rings. The van der Waals surface area contributed by atoms with Crippen LogP contribution in [-0.4, -0.2) is 28.3 Å². The van der Waals surface area contributed by atoms with Gasteiger partial charge in [0.05, 0.1) is 0 Å². The lowest BCUT2D eigenvalue weighted by Gasteiger charge is -2.35. The summed E-state index contributed by atoms with van der Waals surface area (Å²) in [5.41, 5.74) is 4.87. The molecule has 4 rings (SSSR count). The summed E-state index contributed by atoms with van der Waals surface area (Å²) in [4.78, 5) is 30.1. The highest BCUT2D eigenvalue weighted by Gasteiger charge is 2.33. The highest BCUT2D eigenvalue weighted by molar-refractivity contribution is 5.89. The molecule has 0 saturated heterocycles. The van der Waals surface area contributed by atoms with Crippen molar-refractivity contribution in [2.75, 3.05) is 0 Å². The zero-order chi connectivity index (χ0) is 28.5.